The van der Waals surface area contributed by atoms with E-state index in [1.165, 1.54) is 0 Å². The number of ether oxygens (including phenoxy) is 1. The first-order valence-corrected chi connectivity index (χ1v) is 8.24. The Labute approximate surface area is 141 Å². The van der Waals surface area contributed by atoms with E-state index in [0.717, 1.165) is 42.3 Å². The minimum absolute atomic E-state index is 0.0657. The van der Waals surface area contributed by atoms with Gasteiger partial charge >= 0.3 is 0 Å². The summed E-state index contributed by atoms with van der Waals surface area (Å²) in [6.45, 7) is 5.09. The molecule has 7 heteroatoms. The molecular formula is C17H23N5O2. The number of nitrogens with one attached hydrogen (secondary N) is 1. The lowest BCUT2D eigenvalue weighted by Crippen LogP contribution is -2.32. The molecule has 0 radical (unpaired) electrons. The molecule has 0 aromatic carbocycles. The second kappa shape index (κ2) is 7.09. The quantitative estimate of drug-likeness (QED) is 0.909. The number of carbonyl (C=O) groups excluding carboxylic acids is 1. The van der Waals surface area contributed by atoms with E-state index in [-0.39, 0.29) is 11.9 Å². The molecule has 1 amide bonds. The van der Waals surface area contributed by atoms with Crippen LogP contribution in [0.2, 0.25) is 0 Å². The zero-order valence-electron chi connectivity index (χ0n) is 14.4. The van der Waals surface area contributed by atoms with Crippen LogP contribution in [0.1, 0.15) is 42.5 Å². The first-order valence-electron chi connectivity index (χ1n) is 8.24. The average molecular weight is 329 g/mol. The van der Waals surface area contributed by atoms with Crippen molar-refractivity contribution in [1.82, 2.24) is 24.8 Å². The maximum Gasteiger partial charge on any atom is 0.225 e. The predicted octanol–water partition coefficient (Wildman–Crippen LogP) is 2.18. The Morgan fingerprint density at radius 3 is 2.96 bits per heavy atom. The van der Waals surface area contributed by atoms with Crippen molar-refractivity contribution in [2.24, 2.45) is 0 Å². The maximum absolute atomic E-state index is 12.4. The van der Waals surface area contributed by atoms with Crippen molar-refractivity contribution in [3.8, 4) is 11.5 Å². The Balaban J connectivity index is 1.88. The monoisotopic (exact) mass is 329 g/mol. The second-order valence-corrected chi connectivity index (χ2v) is 6.16. The van der Waals surface area contributed by atoms with Crippen molar-refractivity contribution in [3.63, 3.8) is 0 Å². The molecule has 1 fully saturated rings. The number of imidazole rings is 1. The van der Waals surface area contributed by atoms with Gasteiger partial charge in [0.05, 0.1) is 19.1 Å². The molecule has 0 unspecified atom stereocenters. The third-order valence-corrected chi connectivity index (χ3v) is 4.21. The highest BCUT2D eigenvalue weighted by Gasteiger charge is 2.32. The summed E-state index contributed by atoms with van der Waals surface area (Å²) in [5.74, 6) is 1.52. The maximum atomic E-state index is 12.4. The smallest absolute Gasteiger partial charge is 0.225 e. The van der Waals surface area contributed by atoms with Gasteiger partial charge in [0.25, 0.3) is 0 Å². The standard InChI is InChI=1S/C17H23N5O2/c1-11-9-13(16-18-10-12(2)20-16)21-17(19-11)14-5-4-7-22(14)15(23)6-8-24-3/h9-10,14H,4-8H2,1-3H3,(H,18,20)/t14-/m0/s1. The summed E-state index contributed by atoms with van der Waals surface area (Å²) in [6, 6.07) is 1.84. The van der Waals surface area contributed by atoms with Crippen molar-refractivity contribution in [1.29, 1.82) is 0 Å². The lowest BCUT2D eigenvalue weighted by Gasteiger charge is -2.24. The van der Waals surface area contributed by atoms with Gasteiger partial charge in [-0.05, 0) is 32.8 Å². The minimum atomic E-state index is -0.0657. The number of hydrogen-bond acceptors (Lipinski definition) is 5. The highest BCUT2D eigenvalue weighted by molar-refractivity contribution is 5.77. The lowest BCUT2D eigenvalue weighted by molar-refractivity contribution is -0.133. The third kappa shape index (κ3) is 3.46. The zero-order valence-corrected chi connectivity index (χ0v) is 14.4. The first kappa shape index (κ1) is 16.6. The number of aromatic nitrogens is 4. The SMILES string of the molecule is COCCC(=O)N1CCC[C@H]1c1nc(C)cc(-c2ncc(C)[nH]2)n1. The Bertz CT molecular complexity index is 728. The number of aromatic amines is 1. The van der Waals surface area contributed by atoms with E-state index >= 15 is 0 Å². The fourth-order valence-electron chi connectivity index (χ4n) is 3.07. The fourth-order valence-corrected chi connectivity index (χ4v) is 3.07. The van der Waals surface area contributed by atoms with E-state index in [0.29, 0.717) is 18.9 Å². The number of aryl methyl sites for hydroxylation is 2. The van der Waals surface area contributed by atoms with Crippen LogP contribution in [0.25, 0.3) is 11.5 Å². The van der Waals surface area contributed by atoms with Gasteiger partial charge in [0.1, 0.15) is 5.69 Å². The lowest BCUT2D eigenvalue weighted by atomic mass is 10.2. The summed E-state index contributed by atoms with van der Waals surface area (Å²) < 4.78 is 5.02. The Kier molecular flexibility index (Phi) is 4.89. The minimum Gasteiger partial charge on any atom is -0.384 e. The largest absolute Gasteiger partial charge is 0.384 e. The molecule has 0 saturated carbocycles. The second-order valence-electron chi connectivity index (χ2n) is 6.16. The van der Waals surface area contributed by atoms with Gasteiger partial charge in [0, 0.05) is 31.2 Å². The molecule has 0 aliphatic carbocycles. The molecule has 3 rings (SSSR count). The molecule has 24 heavy (non-hydrogen) atoms. The van der Waals surface area contributed by atoms with Crippen molar-refractivity contribution < 1.29 is 9.53 Å². The highest BCUT2D eigenvalue weighted by atomic mass is 16.5. The number of likely N-dealkylation sites (tertiary alicyclic amines) is 1. The first-order chi connectivity index (χ1) is 11.6. The highest BCUT2D eigenvalue weighted by Crippen LogP contribution is 2.31. The van der Waals surface area contributed by atoms with Crippen LogP contribution in [-0.2, 0) is 9.53 Å². The Morgan fingerprint density at radius 1 is 1.42 bits per heavy atom. The van der Waals surface area contributed by atoms with Gasteiger partial charge in [0.15, 0.2) is 11.6 Å². The number of amides is 1. The molecule has 128 valence electrons. The molecule has 1 aliphatic rings. The van der Waals surface area contributed by atoms with Crippen LogP contribution in [-0.4, -0.2) is 51.0 Å². The van der Waals surface area contributed by atoms with E-state index in [4.69, 9.17) is 4.74 Å². The van der Waals surface area contributed by atoms with Crippen molar-refractivity contribution in [3.05, 3.63) is 29.5 Å². The van der Waals surface area contributed by atoms with E-state index in [1.807, 2.05) is 24.8 Å². The van der Waals surface area contributed by atoms with Crippen LogP contribution < -0.4 is 0 Å². The topological polar surface area (TPSA) is 84.0 Å². The number of H-pyrrole nitrogens is 1. The van der Waals surface area contributed by atoms with E-state index in [1.54, 1.807) is 13.3 Å². The number of nitrogens with zero attached hydrogens (tertiary/aromatic N) is 4. The molecule has 2 aromatic rings. The summed E-state index contributed by atoms with van der Waals surface area (Å²) in [7, 11) is 1.61. The number of rotatable bonds is 5. The molecule has 3 heterocycles. The summed E-state index contributed by atoms with van der Waals surface area (Å²) in [6.07, 6.45) is 4.03. The summed E-state index contributed by atoms with van der Waals surface area (Å²) in [4.78, 5) is 31.1. The average Bonchev–Trinajstić information content (AvgIpc) is 3.21. The van der Waals surface area contributed by atoms with Crippen LogP contribution in [0, 0.1) is 13.8 Å². The van der Waals surface area contributed by atoms with Crippen LogP contribution in [0.4, 0.5) is 0 Å². The summed E-state index contributed by atoms with van der Waals surface area (Å²) >= 11 is 0. The van der Waals surface area contributed by atoms with E-state index in [9.17, 15) is 4.79 Å². The molecule has 1 N–H and O–H groups in total. The van der Waals surface area contributed by atoms with E-state index < -0.39 is 0 Å². The van der Waals surface area contributed by atoms with Gasteiger partial charge < -0.3 is 14.6 Å². The molecule has 0 bridgehead atoms. The van der Waals surface area contributed by atoms with Gasteiger partial charge in [-0.25, -0.2) is 15.0 Å². The fraction of sp³-hybridized carbons (Fsp3) is 0.529. The van der Waals surface area contributed by atoms with E-state index in [2.05, 4.69) is 19.9 Å². The normalized spacial score (nSPS) is 17.5. The van der Waals surface area contributed by atoms with Crippen LogP contribution in [0.15, 0.2) is 12.3 Å². The number of hydrogen-bond donors (Lipinski definition) is 1. The molecule has 2 aromatic heterocycles. The van der Waals surface area contributed by atoms with Crippen molar-refractivity contribution in [2.45, 2.75) is 39.2 Å². The molecule has 0 spiro atoms. The summed E-state index contributed by atoms with van der Waals surface area (Å²) in [5, 5.41) is 0. The van der Waals surface area contributed by atoms with Gasteiger partial charge in [-0.2, -0.15) is 0 Å². The Morgan fingerprint density at radius 2 is 2.25 bits per heavy atom. The third-order valence-electron chi connectivity index (χ3n) is 4.21. The molecule has 1 atom stereocenters. The predicted molar refractivity (Wildman–Crippen MR) is 89.3 cm³/mol. The number of carbonyl (C=O) groups is 1. The van der Waals surface area contributed by atoms with Gasteiger partial charge in [-0.1, -0.05) is 0 Å². The van der Waals surface area contributed by atoms with Crippen LogP contribution in [0.3, 0.4) is 0 Å². The Hall–Kier alpha value is -2.28. The van der Waals surface area contributed by atoms with Gasteiger partial charge in [0.2, 0.25) is 5.91 Å². The van der Waals surface area contributed by atoms with Crippen LogP contribution in [0.5, 0.6) is 0 Å². The molecular weight excluding hydrogens is 306 g/mol. The van der Waals surface area contributed by atoms with Crippen molar-refractivity contribution >= 4 is 5.91 Å². The zero-order chi connectivity index (χ0) is 17.1. The van der Waals surface area contributed by atoms with Crippen molar-refractivity contribution in [2.75, 3.05) is 20.3 Å². The van der Waals surface area contributed by atoms with Crippen LogP contribution >= 0.6 is 0 Å². The number of methoxy groups -OCH3 is 1. The molecule has 1 aliphatic heterocycles. The summed E-state index contributed by atoms with van der Waals surface area (Å²) in [5.41, 5.74) is 2.63. The molecule has 1 saturated heterocycles. The van der Waals surface area contributed by atoms with Gasteiger partial charge in [-0.15, -0.1) is 0 Å². The van der Waals surface area contributed by atoms with Gasteiger partial charge in [-0.3, -0.25) is 4.79 Å². The molecule has 7 nitrogen and oxygen atoms in total.